The molecule has 0 aliphatic carbocycles. The van der Waals surface area contributed by atoms with Gasteiger partial charge in [-0.1, -0.05) is 66.7 Å². The van der Waals surface area contributed by atoms with E-state index in [2.05, 4.69) is 75.3 Å². The number of fused-ring (bicyclic) bond motifs is 2. The highest BCUT2D eigenvalue weighted by Crippen LogP contribution is 2.30. The minimum Gasteiger partial charge on any atom is -0.354 e. The summed E-state index contributed by atoms with van der Waals surface area (Å²) < 4.78 is 5.80. The largest absolute Gasteiger partial charge is 0.354 e. The van der Waals surface area contributed by atoms with Crippen molar-refractivity contribution in [2.75, 3.05) is 6.54 Å². The van der Waals surface area contributed by atoms with Gasteiger partial charge in [-0.25, -0.2) is 0 Å². The SMILES string of the molecule is NC(CCNCc1c(-c2ccccc2)[nH]c2ccccc12)c1nsc2ccccc12. The Morgan fingerprint density at radius 1 is 0.900 bits per heavy atom. The van der Waals surface area contributed by atoms with E-state index in [0.717, 1.165) is 25.2 Å². The number of rotatable bonds is 7. The van der Waals surface area contributed by atoms with Crippen LogP contribution >= 0.6 is 11.5 Å². The van der Waals surface area contributed by atoms with Gasteiger partial charge in [0.25, 0.3) is 0 Å². The molecular weight excluding hydrogens is 388 g/mol. The Morgan fingerprint density at radius 2 is 1.63 bits per heavy atom. The van der Waals surface area contributed by atoms with Gasteiger partial charge < -0.3 is 16.0 Å². The molecule has 0 bridgehead atoms. The predicted molar refractivity (Wildman–Crippen MR) is 127 cm³/mol. The number of nitrogens with zero attached hydrogens (tertiary/aromatic N) is 1. The monoisotopic (exact) mass is 412 g/mol. The van der Waals surface area contributed by atoms with Gasteiger partial charge in [0.1, 0.15) is 0 Å². The van der Waals surface area contributed by atoms with Crippen molar-refractivity contribution in [2.45, 2.75) is 19.0 Å². The molecule has 2 aromatic heterocycles. The highest BCUT2D eigenvalue weighted by molar-refractivity contribution is 7.13. The van der Waals surface area contributed by atoms with Gasteiger partial charge in [-0.2, -0.15) is 4.37 Å². The minimum atomic E-state index is -0.0646. The van der Waals surface area contributed by atoms with Crippen LogP contribution in [0, 0.1) is 0 Å². The highest BCUT2D eigenvalue weighted by atomic mass is 32.1. The summed E-state index contributed by atoms with van der Waals surface area (Å²) in [6.07, 6.45) is 0.844. The van der Waals surface area contributed by atoms with Gasteiger partial charge in [-0.15, -0.1) is 0 Å². The molecule has 0 amide bonds. The summed E-state index contributed by atoms with van der Waals surface area (Å²) in [5.41, 5.74) is 12.3. The van der Waals surface area contributed by atoms with Crippen molar-refractivity contribution >= 4 is 32.5 Å². The highest BCUT2D eigenvalue weighted by Gasteiger charge is 2.15. The van der Waals surface area contributed by atoms with E-state index >= 15 is 0 Å². The summed E-state index contributed by atoms with van der Waals surface area (Å²) in [7, 11) is 0. The first-order valence-electron chi connectivity index (χ1n) is 10.3. The van der Waals surface area contributed by atoms with Crippen molar-refractivity contribution in [3.63, 3.8) is 0 Å². The maximum absolute atomic E-state index is 6.47. The summed E-state index contributed by atoms with van der Waals surface area (Å²) in [5, 5.41) is 6.05. The standard InChI is InChI=1S/C25H24N4S/c26-21(25-19-11-5-7-13-23(19)30-29-25)14-15-27-16-20-18-10-4-6-12-22(18)28-24(20)17-8-2-1-3-9-17/h1-13,21,27-28H,14-16,26H2. The first-order valence-corrected chi connectivity index (χ1v) is 11.0. The smallest absolute Gasteiger partial charge is 0.0788 e. The van der Waals surface area contributed by atoms with Crippen molar-refractivity contribution in [1.82, 2.24) is 14.7 Å². The van der Waals surface area contributed by atoms with Crippen LogP contribution in [0.1, 0.15) is 23.7 Å². The van der Waals surface area contributed by atoms with Gasteiger partial charge in [-0.05, 0) is 47.8 Å². The van der Waals surface area contributed by atoms with Gasteiger partial charge in [-0.3, -0.25) is 0 Å². The van der Waals surface area contributed by atoms with Crippen molar-refractivity contribution in [2.24, 2.45) is 5.73 Å². The average Bonchev–Trinajstić information content (AvgIpc) is 3.39. The number of nitrogens with two attached hydrogens (primary N) is 1. The van der Waals surface area contributed by atoms with E-state index in [1.807, 2.05) is 18.2 Å². The third-order valence-corrected chi connectivity index (χ3v) is 6.41. The van der Waals surface area contributed by atoms with Crippen LogP contribution in [-0.2, 0) is 6.54 Å². The van der Waals surface area contributed by atoms with Crippen LogP contribution in [0.5, 0.6) is 0 Å². The fraction of sp³-hybridized carbons (Fsp3) is 0.160. The summed E-state index contributed by atoms with van der Waals surface area (Å²) in [6.45, 7) is 1.62. The predicted octanol–water partition coefficient (Wildman–Crippen LogP) is 5.62. The molecule has 2 heterocycles. The first kappa shape index (κ1) is 19.0. The maximum atomic E-state index is 6.47. The average molecular weight is 413 g/mol. The van der Waals surface area contributed by atoms with Crippen LogP contribution in [0.2, 0.25) is 0 Å². The van der Waals surface area contributed by atoms with E-state index in [1.54, 1.807) is 0 Å². The van der Waals surface area contributed by atoms with Crippen molar-refractivity contribution < 1.29 is 0 Å². The second-order valence-electron chi connectivity index (χ2n) is 7.53. The molecule has 0 aliphatic rings. The molecule has 0 saturated heterocycles. The molecule has 5 heteroatoms. The third kappa shape index (κ3) is 3.63. The normalized spacial score (nSPS) is 12.6. The van der Waals surface area contributed by atoms with Crippen LogP contribution in [0.15, 0.2) is 78.9 Å². The number of aromatic amines is 1. The minimum absolute atomic E-state index is 0.0646. The number of aromatic nitrogens is 2. The van der Waals surface area contributed by atoms with Gasteiger partial charge in [0.2, 0.25) is 0 Å². The molecule has 1 unspecified atom stereocenters. The Bertz CT molecular complexity index is 1270. The molecule has 0 radical (unpaired) electrons. The van der Waals surface area contributed by atoms with Crippen LogP contribution in [0.4, 0.5) is 0 Å². The van der Waals surface area contributed by atoms with Crippen molar-refractivity contribution in [3.8, 4) is 11.3 Å². The Balaban J connectivity index is 1.31. The molecule has 4 nitrogen and oxygen atoms in total. The lowest BCUT2D eigenvalue weighted by atomic mass is 10.0. The lowest BCUT2D eigenvalue weighted by Crippen LogP contribution is -2.21. The zero-order valence-corrected chi connectivity index (χ0v) is 17.5. The lowest BCUT2D eigenvalue weighted by molar-refractivity contribution is 0.577. The molecule has 30 heavy (non-hydrogen) atoms. The van der Waals surface area contributed by atoms with E-state index in [-0.39, 0.29) is 6.04 Å². The van der Waals surface area contributed by atoms with Gasteiger partial charge in [0.05, 0.1) is 16.1 Å². The Kier molecular flexibility index (Phi) is 5.32. The second kappa shape index (κ2) is 8.40. The van der Waals surface area contributed by atoms with E-state index in [0.29, 0.717) is 0 Å². The van der Waals surface area contributed by atoms with Crippen LogP contribution in [0.25, 0.3) is 32.2 Å². The fourth-order valence-corrected chi connectivity index (χ4v) is 4.86. The van der Waals surface area contributed by atoms with Crippen LogP contribution in [-0.4, -0.2) is 15.9 Å². The van der Waals surface area contributed by atoms with Crippen LogP contribution < -0.4 is 11.1 Å². The molecule has 4 N–H and O–H groups in total. The van der Waals surface area contributed by atoms with Gasteiger partial charge >= 0.3 is 0 Å². The second-order valence-corrected chi connectivity index (χ2v) is 8.33. The quantitative estimate of drug-likeness (QED) is 0.304. The number of H-pyrrole nitrogens is 1. The number of hydrogen-bond acceptors (Lipinski definition) is 4. The van der Waals surface area contributed by atoms with E-state index in [1.165, 1.54) is 49.3 Å². The van der Waals surface area contributed by atoms with Gasteiger partial charge in [0.15, 0.2) is 0 Å². The Morgan fingerprint density at radius 3 is 2.50 bits per heavy atom. The number of para-hydroxylation sites is 1. The number of nitrogens with one attached hydrogen (secondary N) is 2. The molecule has 150 valence electrons. The Labute approximate surface area is 179 Å². The van der Waals surface area contributed by atoms with Gasteiger partial charge in [0, 0.05) is 28.9 Å². The zero-order chi connectivity index (χ0) is 20.3. The molecule has 5 rings (SSSR count). The molecule has 1 atom stereocenters. The third-order valence-electron chi connectivity index (χ3n) is 5.57. The first-order chi connectivity index (χ1) is 14.8. The molecule has 0 saturated carbocycles. The summed E-state index contributed by atoms with van der Waals surface area (Å²) in [4.78, 5) is 3.60. The maximum Gasteiger partial charge on any atom is 0.0788 e. The lowest BCUT2D eigenvalue weighted by Gasteiger charge is -2.11. The molecule has 0 fully saturated rings. The zero-order valence-electron chi connectivity index (χ0n) is 16.6. The summed E-state index contributed by atoms with van der Waals surface area (Å²) in [5.74, 6) is 0. The van der Waals surface area contributed by atoms with E-state index in [9.17, 15) is 0 Å². The Hall–Kier alpha value is -2.99. The van der Waals surface area contributed by atoms with E-state index < -0.39 is 0 Å². The molecule has 0 spiro atoms. The topological polar surface area (TPSA) is 66.7 Å². The summed E-state index contributed by atoms with van der Waals surface area (Å²) in [6, 6.07) is 27.2. The number of benzene rings is 3. The fourth-order valence-electron chi connectivity index (χ4n) is 4.02. The number of hydrogen-bond donors (Lipinski definition) is 3. The molecule has 3 aromatic carbocycles. The summed E-state index contributed by atoms with van der Waals surface area (Å²) >= 11 is 1.53. The molecule has 0 aliphatic heterocycles. The van der Waals surface area contributed by atoms with Crippen molar-refractivity contribution in [1.29, 1.82) is 0 Å². The molecule has 5 aromatic rings. The van der Waals surface area contributed by atoms with Crippen LogP contribution in [0.3, 0.4) is 0 Å². The van der Waals surface area contributed by atoms with Crippen molar-refractivity contribution in [3.05, 3.63) is 90.1 Å². The van der Waals surface area contributed by atoms with E-state index in [4.69, 9.17) is 5.73 Å². The molecular formula is C25H24N4S.